The van der Waals surface area contributed by atoms with Crippen molar-refractivity contribution in [2.24, 2.45) is 0 Å². The molecular weight excluding hydrogens is 400 g/mol. The first-order valence-corrected chi connectivity index (χ1v) is 11.7. The number of rotatable bonds is 7. The second kappa shape index (κ2) is 10.3. The van der Waals surface area contributed by atoms with Gasteiger partial charge in [0.1, 0.15) is 10.8 Å². The summed E-state index contributed by atoms with van der Waals surface area (Å²) in [4.78, 5) is 21.9. The van der Waals surface area contributed by atoms with Gasteiger partial charge in [-0.2, -0.15) is 0 Å². The van der Waals surface area contributed by atoms with Crippen LogP contribution in [0.1, 0.15) is 42.8 Å². The van der Waals surface area contributed by atoms with Crippen molar-refractivity contribution >= 4 is 28.2 Å². The SMILES string of the molecule is CCc1nnc(Nc2cccc([C@@H]3CCCN(C(=O)CCN4CCOCC4)C3)n2)s1. The van der Waals surface area contributed by atoms with Crippen molar-refractivity contribution in [1.82, 2.24) is 25.0 Å². The number of morpholine rings is 1. The third-order valence-electron chi connectivity index (χ3n) is 5.71. The van der Waals surface area contributed by atoms with Crippen molar-refractivity contribution in [2.45, 2.75) is 38.5 Å². The van der Waals surface area contributed by atoms with Crippen LogP contribution in [0.5, 0.6) is 0 Å². The highest BCUT2D eigenvalue weighted by Gasteiger charge is 2.26. The van der Waals surface area contributed by atoms with Crippen LogP contribution in [0.4, 0.5) is 10.9 Å². The number of likely N-dealkylation sites (tertiary alicyclic amines) is 1. The Bertz CT molecular complexity index is 838. The molecule has 0 saturated carbocycles. The zero-order chi connectivity index (χ0) is 20.8. The minimum Gasteiger partial charge on any atom is -0.379 e. The number of nitrogens with one attached hydrogen (secondary N) is 1. The number of carbonyl (C=O) groups excluding carboxylic acids is 1. The van der Waals surface area contributed by atoms with Crippen LogP contribution in [-0.2, 0) is 16.0 Å². The monoisotopic (exact) mass is 430 g/mol. The molecule has 2 fully saturated rings. The molecule has 0 aliphatic carbocycles. The molecule has 0 bridgehead atoms. The van der Waals surface area contributed by atoms with Gasteiger partial charge in [0.2, 0.25) is 11.0 Å². The van der Waals surface area contributed by atoms with Crippen molar-refractivity contribution in [1.29, 1.82) is 0 Å². The van der Waals surface area contributed by atoms with E-state index in [-0.39, 0.29) is 11.8 Å². The Morgan fingerprint density at radius 2 is 2.13 bits per heavy atom. The van der Waals surface area contributed by atoms with Crippen molar-refractivity contribution in [3.05, 3.63) is 28.9 Å². The summed E-state index contributed by atoms with van der Waals surface area (Å²) in [6.45, 7) is 7.88. The second-order valence-electron chi connectivity index (χ2n) is 7.81. The van der Waals surface area contributed by atoms with Gasteiger partial charge >= 0.3 is 0 Å². The third kappa shape index (κ3) is 5.53. The summed E-state index contributed by atoms with van der Waals surface area (Å²) >= 11 is 1.55. The molecule has 4 heterocycles. The van der Waals surface area contributed by atoms with E-state index in [4.69, 9.17) is 9.72 Å². The topological polar surface area (TPSA) is 83.5 Å². The number of carbonyl (C=O) groups is 1. The van der Waals surface area contributed by atoms with Crippen molar-refractivity contribution in [2.75, 3.05) is 51.3 Å². The lowest BCUT2D eigenvalue weighted by atomic mass is 9.94. The van der Waals surface area contributed by atoms with Crippen molar-refractivity contribution < 1.29 is 9.53 Å². The highest BCUT2D eigenvalue weighted by Crippen LogP contribution is 2.28. The second-order valence-corrected chi connectivity index (χ2v) is 8.87. The lowest BCUT2D eigenvalue weighted by Crippen LogP contribution is -2.42. The Balaban J connectivity index is 1.33. The van der Waals surface area contributed by atoms with Gasteiger partial charge in [-0.1, -0.05) is 24.3 Å². The Kier molecular flexibility index (Phi) is 7.24. The fraction of sp³-hybridized carbons (Fsp3) is 0.619. The minimum atomic E-state index is 0.251. The molecule has 30 heavy (non-hydrogen) atoms. The number of piperidine rings is 1. The first-order chi connectivity index (χ1) is 14.7. The van der Waals surface area contributed by atoms with Crippen LogP contribution in [-0.4, -0.2) is 76.8 Å². The van der Waals surface area contributed by atoms with Gasteiger partial charge in [0.05, 0.1) is 13.2 Å². The van der Waals surface area contributed by atoms with E-state index >= 15 is 0 Å². The number of pyridine rings is 1. The van der Waals surface area contributed by atoms with E-state index in [1.807, 2.05) is 17.0 Å². The van der Waals surface area contributed by atoms with Gasteiger partial charge in [0.15, 0.2) is 0 Å². The summed E-state index contributed by atoms with van der Waals surface area (Å²) in [5.74, 6) is 1.30. The molecule has 2 saturated heterocycles. The number of hydrogen-bond acceptors (Lipinski definition) is 8. The Morgan fingerprint density at radius 1 is 1.27 bits per heavy atom. The maximum atomic E-state index is 12.8. The summed E-state index contributed by atoms with van der Waals surface area (Å²) in [5.41, 5.74) is 1.03. The molecule has 4 rings (SSSR count). The predicted octanol–water partition coefficient (Wildman–Crippen LogP) is 2.67. The molecular formula is C21H30N6O2S. The molecule has 0 aromatic carbocycles. The number of nitrogens with zero attached hydrogens (tertiary/aromatic N) is 5. The summed E-state index contributed by atoms with van der Waals surface area (Å²) < 4.78 is 5.38. The van der Waals surface area contributed by atoms with E-state index in [2.05, 4.69) is 33.4 Å². The zero-order valence-electron chi connectivity index (χ0n) is 17.5. The van der Waals surface area contributed by atoms with Crippen molar-refractivity contribution in [3.63, 3.8) is 0 Å². The number of aryl methyl sites for hydroxylation is 1. The van der Waals surface area contributed by atoms with Gasteiger partial charge in [-0.25, -0.2) is 4.98 Å². The number of ether oxygens (including phenoxy) is 1. The van der Waals surface area contributed by atoms with Crippen molar-refractivity contribution in [3.8, 4) is 0 Å². The van der Waals surface area contributed by atoms with Gasteiger partial charge < -0.3 is 15.0 Å². The normalized spacial score (nSPS) is 20.3. The van der Waals surface area contributed by atoms with Crippen LogP contribution < -0.4 is 5.32 Å². The van der Waals surface area contributed by atoms with Gasteiger partial charge in [0.25, 0.3) is 0 Å². The lowest BCUT2D eigenvalue weighted by Gasteiger charge is -2.33. The quantitative estimate of drug-likeness (QED) is 0.723. The summed E-state index contributed by atoms with van der Waals surface area (Å²) in [6.07, 6.45) is 3.54. The average Bonchev–Trinajstić information content (AvgIpc) is 3.26. The Hall–Kier alpha value is -2.10. The van der Waals surface area contributed by atoms with Crippen LogP contribution in [0.15, 0.2) is 18.2 Å². The standard InChI is InChI=1S/C21H30N6O2S/c1-2-19-24-25-21(30-19)23-18-7-3-6-17(22-18)16-5-4-9-27(15-16)20(28)8-10-26-11-13-29-14-12-26/h3,6-7,16H,2,4-5,8-15H2,1H3,(H,22,23,25)/t16-/m1/s1. The van der Waals surface area contributed by atoms with E-state index in [9.17, 15) is 4.79 Å². The molecule has 0 radical (unpaired) electrons. The minimum absolute atomic E-state index is 0.251. The summed E-state index contributed by atoms with van der Waals surface area (Å²) in [5, 5.41) is 13.4. The molecule has 162 valence electrons. The molecule has 1 atom stereocenters. The fourth-order valence-corrected chi connectivity index (χ4v) is 4.67. The summed E-state index contributed by atoms with van der Waals surface area (Å²) in [7, 11) is 0. The molecule has 8 nitrogen and oxygen atoms in total. The number of hydrogen-bond donors (Lipinski definition) is 1. The molecule has 9 heteroatoms. The maximum Gasteiger partial charge on any atom is 0.223 e. The van der Waals surface area contributed by atoms with Gasteiger partial charge in [-0.15, -0.1) is 10.2 Å². The molecule has 2 aromatic heterocycles. The van der Waals surface area contributed by atoms with Crippen LogP contribution >= 0.6 is 11.3 Å². The zero-order valence-corrected chi connectivity index (χ0v) is 18.4. The van der Waals surface area contributed by atoms with Gasteiger partial charge in [-0.3, -0.25) is 9.69 Å². The predicted molar refractivity (Wildman–Crippen MR) is 117 cm³/mol. The largest absolute Gasteiger partial charge is 0.379 e. The Labute approximate surface area is 181 Å². The number of amides is 1. The molecule has 0 spiro atoms. The smallest absolute Gasteiger partial charge is 0.223 e. The van der Waals surface area contributed by atoms with E-state index in [0.717, 1.165) is 86.9 Å². The lowest BCUT2D eigenvalue weighted by molar-refractivity contribution is -0.133. The molecule has 2 aliphatic rings. The van der Waals surface area contributed by atoms with Crippen LogP contribution in [0, 0.1) is 0 Å². The maximum absolute atomic E-state index is 12.8. The third-order valence-corrected chi connectivity index (χ3v) is 6.70. The van der Waals surface area contributed by atoms with Gasteiger partial charge in [-0.05, 0) is 31.4 Å². The molecule has 1 N–H and O–H groups in total. The average molecular weight is 431 g/mol. The first-order valence-electron chi connectivity index (χ1n) is 10.9. The number of anilines is 2. The molecule has 2 aliphatic heterocycles. The van der Waals surface area contributed by atoms with E-state index in [1.54, 1.807) is 11.3 Å². The molecule has 1 amide bonds. The Morgan fingerprint density at radius 3 is 2.93 bits per heavy atom. The highest BCUT2D eigenvalue weighted by atomic mass is 32.1. The van der Waals surface area contributed by atoms with E-state index in [1.165, 1.54) is 0 Å². The molecule has 0 unspecified atom stereocenters. The van der Waals surface area contributed by atoms with Crippen LogP contribution in [0.3, 0.4) is 0 Å². The highest BCUT2D eigenvalue weighted by molar-refractivity contribution is 7.15. The van der Waals surface area contributed by atoms with Crippen LogP contribution in [0.2, 0.25) is 0 Å². The van der Waals surface area contributed by atoms with Gasteiger partial charge in [0, 0.05) is 50.8 Å². The first kappa shape index (κ1) is 21.1. The van der Waals surface area contributed by atoms with Crippen LogP contribution in [0.25, 0.3) is 0 Å². The summed E-state index contributed by atoms with van der Waals surface area (Å²) in [6, 6.07) is 6.03. The van der Waals surface area contributed by atoms with E-state index in [0.29, 0.717) is 6.42 Å². The number of aromatic nitrogens is 3. The van der Waals surface area contributed by atoms with E-state index < -0.39 is 0 Å². The fourth-order valence-electron chi connectivity index (χ4n) is 3.99. The molecule has 2 aromatic rings.